The van der Waals surface area contributed by atoms with Crippen LogP contribution in [0.1, 0.15) is 98.3 Å². The van der Waals surface area contributed by atoms with Crippen LogP contribution in [0, 0.1) is 11.3 Å². The lowest BCUT2D eigenvalue weighted by atomic mass is 9.58. The van der Waals surface area contributed by atoms with E-state index in [0.29, 0.717) is 17.4 Å². The monoisotopic (exact) mass is 339 g/mol. The molecule has 0 heterocycles. The van der Waals surface area contributed by atoms with Crippen LogP contribution in [0.15, 0.2) is 0 Å². The summed E-state index contributed by atoms with van der Waals surface area (Å²) in [4.78, 5) is 12.2. The van der Waals surface area contributed by atoms with Crippen molar-refractivity contribution in [1.82, 2.24) is 5.32 Å². The van der Waals surface area contributed by atoms with Gasteiger partial charge in [-0.15, -0.1) is 0 Å². The van der Waals surface area contributed by atoms with Gasteiger partial charge in [-0.05, 0) is 51.4 Å². The molecule has 1 saturated carbocycles. The van der Waals surface area contributed by atoms with Crippen LogP contribution in [0.2, 0.25) is 0 Å². The molecule has 0 aliphatic heterocycles. The highest BCUT2D eigenvalue weighted by Crippen LogP contribution is 2.51. The fourth-order valence-corrected chi connectivity index (χ4v) is 3.82. The van der Waals surface area contributed by atoms with Gasteiger partial charge in [0.1, 0.15) is 0 Å². The van der Waals surface area contributed by atoms with E-state index in [2.05, 4.69) is 33.0 Å². The summed E-state index contributed by atoms with van der Waals surface area (Å²) in [5, 5.41) is 3.16. The van der Waals surface area contributed by atoms with Gasteiger partial charge in [0.05, 0.1) is 6.10 Å². The van der Waals surface area contributed by atoms with Gasteiger partial charge in [-0.2, -0.15) is 0 Å². The second kappa shape index (κ2) is 11.9. The largest absolute Gasteiger partial charge is 0.379 e. The van der Waals surface area contributed by atoms with Gasteiger partial charge < -0.3 is 10.1 Å². The third kappa shape index (κ3) is 8.00. The van der Waals surface area contributed by atoms with Gasteiger partial charge in [0, 0.05) is 19.1 Å². The molecule has 0 bridgehead atoms. The highest BCUT2D eigenvalue weighted by molar-refractivity contribution is 5.79. The normalized spacial score (nSPS) is 23.3. The van der Waals surface area contributed by atoms with Crippen LogP contribution >= 0.6 is 0 Å². The maximum absolute atomic E-state index is 12.2. The van der Waals surface area contributed by atoms with E-state index in [1.54, 1.807) is 0 Å². The Morgan fingerprint density at radius 2 is 1.75 bits per heavy atom. The fourth-order valence-electron chi connectivity index (χ4n) is 3.82. The van der Waals surface area contributed by atoms with Crippen LogP contribution in [0.25, 0.3) is 0 Å². The summed E-state index contributed by atoms with van der Waals surface area (Å²) in [5.41, 5.74) is 0.482. The van der Waals surface area contributed by atoms with E-state index in [-0.39, 0.29) is 5.92 Å². The van der Waals surface area contributed by atoms with E-state index >= 15 is 0 Å². The topological polar surface area (TPSA) is 38.3 Å². The van der Waals surface area contributed by atoms with E-state index in [1.807, 2.05) is 0 Å². The van der Waals surface area contributed by atoms with Crippen LogP contribution in [-0.2, 0) is 9.53 Å². The lowest BCUT2D eigenvalue weighted by Gasteiger charge is -2.47. The van der Waals surface area contributed by atoms with E-state index in [4.69, 9.17) is 4.74 Å². The first-order valence-corrected chi connectivity index (χ1v) is 10.4. The highest BCUT2D eigenvalue weighted by atomic mass is 16.5. The summed E-state index contributed by atoms with van der Waals surface area (Å²) in [6, 6.07) is 0. The van der Waals surface area contributed by atoms with Gasteiger partial charge in [0.25, 0.3) is 0 Å². The van der Waals surface area contributed by atoms with Crippen LogP contribution in [0.5, 0.6) is 0 Å². The maximum Gasteiger partial charge on any atom is 0.223 e. The SMILES string of the molecule is CCCCC1(CC)CC(C(=O)NCCCCCCCOC(C)C)C1. The van der Waals surface area contributed by atoms with Gasteiger partial charge in [-0.3, -0.25) is 4.79 Å². The summed E-state index contributed by atoms with van der Waals surface area (Å²) in [5.74, 6) is 0.593. The van der Waals surface area contributed by atoms with E-state index in [0.717, 1.165) is 38.8 Å². The van der Waals surface area contributed by atoms with Crippen molar-refractivity contribution in [3.63, 3.8) is 0 Å². The Bertz CT molecular complexity index is 335. The molecule has 1 aliphatic rings. The Morgan fingerprint density at radius 3 is 2.38 bits per heavy atom. The Kier molecular flexibility index (Phi) is 10.6. The highest BCUT2D eigenvalue weighted by Gasteiger charge is 2.45. The molecule has 0 spiro atoms. The van der Waals surface area contributed by atoms with Crippen LogP contribution in [0.4, 0.5) is 0 Å². The van der Waals surface area contributed by atoms with Crippen molar-refractivity contribution in [3.05, 3.63) is 0 Å². The third-order valence-electron chi connectivity index (χ3n) is 5.61. The third-order valence-corrected chi connectivity index (χ3v) is 5.61. The lowest BCUT2D eigenvalue weighted by molar-refractivity contribution is -0.133. The van der Waals surface area contributed by atoms with Crippen molar-refractivity contribution in [3.8, 4) is 0 Å². The van der Waals surface area contributed by atoms with Crippen molar-refractivity contribution >= 4 is 5.91 Å². The second-order valence-electron chi connectivity index (χ2n) is 8.04. The Labute approximate surface area is 150 Å². The molecule has 1 amide bonds. The fraction of sp³-hybridized carbons (Fsp3) is 0.952. The molecule has 3 heteroatoms. The molecule has 1 rings (SSSR count). The Hall–Kier alpha value is -0.570. The van der Waals surface area contributed by atoms with Gasteiger partial charge in [0.2, 0.25) is 5.91 Å². The molecule has 0 atom stereocenters. The van der Waals surface area contributed by atoms with Gasteiger partial charge in [-0.25, -0.2) is 0 Å². The molecular weight excluding hydrogens is 298 g/mol. The first-order valence-electron chi connectivity index (χ1n) is 10.4. The van der Waals surface area contributed by atoms with Crippen LogP contribution in [0.3, 0.4) is 0 Å². The predicted molar refractivity (Wildman–Crippen MR) is 102 cm³/mol. The number of nitrogens with one attached hydrogen (secondary N) is 1. The maximum atomic E-state index is 12.2. The molecule has 24 heavy (non-hydrogen) atoms. The molecule has 0 aromatic heterocycles. The molecule has 0 aromatic rings. The zero-order valence-corrected chi connectivity index (χ0v) is 16.7. The smallest absolute Gasteiger partial charge is 0.223 e. The van der Waals surface area contributed by atoms with Gasteiger partial charge in [0.15, 0.2) is 0 Å². The first-order chi connectivity index (χ1) is 11.5. The number of carbonyl (C=O) groups excluding carboxylic acids is 1. The van der Waals surface area contributed by atoms with Crippen molar-refractivity contribution in [2.45, 2.75) is 104 Å². The average Bonchev–Trinajstić information content (AvgIpc) is 2.52. The summed E-state index contributed by atoms with van der Waals surface area (Å²) in [6.45, 7) is 10.4. The van der Waals surface area contributed by atoms with Gasteiger partial charge >= 0.3 is 0 Å². The average molecular weight is 340 g/mol. The summed E-state index contributed by atoms with van der Waals surface area (Å²) in [6.07, 6.45) is 13.7. The molecule has 0 saturated heterocycles. The predicted octanol–water partition coefficient (Wildman–Crippen LogP) is 5.47. The summed E-state index contributed by atoms with van der Waals surface area (Å²) < 4.78 is 5.54. The minimum atomic E-state index is 0.287. The van der Waals surface area contributed by atoms with Crippen LogP contribution < -0.4 is 5.32 Å². The van der Waals surface area contributed by atoms with Crippen molar-refractivity contribution in [2.24, 2.45) is 11.3 Å². The zero-order valence-electron chi connectivity index (χ0n) is 16.7. The van der Waals surface area contributed by atoms with Crippen molar-refractivity contribution in [1.29, 1.82) is 0 Å². The molecule has 0 aromatic carbocycles. The quantitative estimate of drug-likeness (QED) is 0.426. The van der Waals surface area contributed by atoms with E-state index in [9.17, 15) is 4.79 Å². The van der Waals surface area contributed by atoms with E-state index < -0.39 is 0 Å². The molecule has 1 fully saturated rings. The number of hydrogen-bond donors (Lipinski definition) is 1. The number of carbonyl (C=O) groups is 1. The Morgan fingerprint density at radius 1 is 1.08 bits per heavy atom. The zero-order chi connectivity index (χ0) is 17.8. The Balaban J connectivity index is 1.98. The molecular formula is C21H41NO2. The number of amides is 1. The molecule has 3 nitrogen and oxygen atoms in total. The second-order valence-corrected chi connectivity index (χ2v) is 8.04. The number of rotatable bonds is 14. The lowest BCUT2D eigenvalue weighted by Crippen LogP contribution is -2.45. The minimum Gasteiger partial charge on any atom is -0.379 e. The summed E-state index contributed by atoms with van der Waals surface area (Å²) in [7, 11) is 0. The number of unbranched alkanes of at least 4 members (excludes halogenated alkanes) is 5. The molecule has 0 unspecified atom stereocenters. The molecule has 1 N–H and O–H groups in total. The van der Waals surface area contributed by atoms with E-state index in [1.165, 1.54) is 44.9 Å². The molecule has 1 aliphatic carbocycles. The first kappa shape index (κ1) is 21.5. The molecule has 0 radical (unpaired) electrons. The number of hydrogen-bond acceptors (Lipinski definition) is 2. The standard InChI is InChI=1S/C21H41NO2/c1-5-7-13-21(6-2)16-19(17-21)20(23)22-14-11-9-8-10-12-15-24-18(3)4/h18-19H,5-17H2,1-4H3,(H,22,23). The van der Waals surface area contributed by atoms with Crippen molar-refractivity contribution < 1.29 is 9.53 Å². The molecule has 142 valence electrons. The minimum absolute atomic E-state index is 0.287. The van der Waals surface area contributed by atoms with Gasteiger partial charge in [-0.1, -0.05) is 52.4 Å². The van der Waals surface area contributed by atoms with Crippen molar-refractivity contribution in [2.75, 3.05) is 13.2 Å². The van der Waals surface area contributed by atoms with Crippen LogP contribution in [-0.4, -0.2) is 25.2 Å². The number of ether oxygens (including phenoxy) is 1. The summed E-state index contributed by atoms with van der Waals surface area (Å²) >= 11 is 0.